The van der Waals surface area contributed by atoms with E-state index in [1.165, 1.54) is 0 Å². The van der Waals surface area contributed by atoms with Crippen LogP contribution < -0.4 is 5.56 Å². The van der Waals surface area contributed by atoms with Crippen molar-refractivity contribution in [2.45, 2.75) is 0 Å². The standard InChI is InChI=1S/C19H15N5O/c1-24-12-6-10-15(24)18-22-16(13-7-3-2-4-8-13)21-17(23-18)14-9-5-11-20-19(14)25/h2-12H,1H3,(H,20,25). The average molecular weight is 329 g/mol. The summed E-state index contributed by atoms with van der Waals surface area (Å²) < 4.78 is 1.93. The second-order valence-corrected chi connectivity index (χ2v) is 5.59. The van der Waals surface area contributed by atoms with Crippen LogP contribution >= 0.6 is 0 Å². The summed E-state index contributed by atoms with van der Waals surface area (Å²) in [6.45, 7) is 0. The molecular weight excluding hydrogens is 314 g/mol. The van der Waals surface area contributed by atoms with Gasteiger partial charge in [0.25, 0.3) is 5.56 Å². The van der Waals surface area contributed by atoms with Crippen molar-refractivity contribution in [3.63, 3.8) is 0 Å². The third kappa shape index (κ3) is 2.85. The molecular formula is C19H15N5O. The second kappa shape index (κ2) is 6.16. The van der Waals surface area contributed by atoms with E-state index in [0.29, 0.717) is 23.0 Å². The van der Waals surface area contributed by atoms with Crippen LogP contribution in [0, 0.1) is 0 Å². The molecule has 4 rings (SSSR count). The van der Waals surface area contributed by atoms with Gasteiger partial charge < -0.3 is 9.55 Å². The van der Waals surface area contributed by atoms with Crippen molar-refractivity contribution in [3.8, 4) is 34.3 Å². The van der Waals surface area contributed by atoms with Crippen LogP contribution in [-0.4, -0.2) is 24.5 Å². The van der Waals surface area contributed by atoms with E-state index in [0.717, 1.165) is 11.3 Å². The molecule has 122 valence electrons. The van der Waals surface area contributed by atoms with E-state index in [1.807, 2.05) is 60.3 Å². The van der Waals surface area contributed by atoms with Crippen molar-refractivity contribution < 1.29 is 0 Å². The van der Waals surface area contributed by atoms with Gasteiger partial charge in [-0.25, -0.2) is 15.0 Å². The molecule has 4 aromatic rings. The molecule has 0 unspecified atom stereocenters. The molecule has 0 aliphatic rings. The summed E-state index contributed by atoms with van der Waals surface area (Å²) in [5, 5.41) is 0. The highest BCUT2D eigenvalue weighted by molar-refractivity contribution is 5.64. The maximum atomic E-state index is 12.2. The van der Waals surface area contributed by atoms with E-state index in [-0.39, 0.29) is 5.56 Å². The van der Waals surface area contributed by atoms with Gasteiger partial charge in [-0.05, 0) is 24.3 Å². The van der Waals surface area contributed by atoms with Gasteiger partial charge in [0.1, 0.15) is 0 Å². The van der Waals surface area contributed by atoms with Crippen LogP contribution in [-0.2, 0) is 7.05 Å². The zero-order chi connectivity index (χ0) is 17.2. The Kier molecular flexibility index (Phi) is 3.70. The van der Waals surface area contributed by atoms with Crippen LogP contribution in [0.3, 0.4) is 0 Å². The Balaban J connectivity index is 1.97. The molecule has 1 N–H and O–H groups in total. The van der Waals surface area contributed by atoms with Crippen molar-refractivity contribution in [1.29, 1.82) is 0 Å². The van der Waals surface area contributed by atoms with Gasteiger partial charge in [-0.3, -0.25) is 4.79 Å². The average Bonchev–Trinajstić information content (AvgIpc) is 3.08. The lowest BCUT2D eigenvalue weighted by atomic mass is 10.2. The smallest absolute Gasteiger partial charge is 0.259 e. The summed E-state index contributed by atoms with van der Waals surface area (Å²) in [5.41, 5.74) is 1.91. The summed E-state index contributed by atoms with van der Waals surface area (Å²) in [6, 6.07) is 17.0. The predicted octanol–water partition coefficient (Wildman–Crippen LogP) is 2.90. The first-order chi connectivity index (χ1) is 12.2. The molecule has 0 aliphatic heterocycles. The highest BCUT2D eigenvalue weighted by atomic mass is 16.1. The number of benzene rings is 1. The van der Waals surface area contributed by atoms with Crippen LogP contribution in [0.4, 0.5) is 0 Å². The van der Waals surface area contributed by atoms with Gasteiger partial charge in [-0.2, -0.15) is 0 Å². The number of H-pyrrole nitrogens is 1. The third-order valence-electron chi connectivity index (χ3n) is 3.90. The normalized spacial score (nSPS) is 10.8. The van der Waals surface area contributed by atoms with Crippen LogP contribution in [0.15, 0.2) is 71.8 Å². The maximum absolute atomic E-state index is 12.2. The minimum atomic E-state index is -0.231. The van der Waals surface area contributed by atoms with Gasteiger partial charge in [0.05, 0.1) is 11.3 Å². The minimum Gasteiger partial charge on any atom is -0.348 e. The molecule has 0 amide bonds. The minimum absolute atomic E-state index is 0.231. The first kappa shape index (κ1) is 15.0. The molecule has 0 saturated carbocycles. The predicted molar refractivity (Wildman–Crippen MR) is 95.7 cm³/mol. The lowest BCUT2D eigenvalue weighted by molar-refractivity contribution is 0.915. The largest absolute Gasteiger partial charge is 0.348 e. The summed E-state index contributed by atoms with van der Waals surface area (Å²) >= 11 is 0. The molecule has 0 bridgehead atoms. The molecule has 0 spiro atoms. The van der Waals surface area contributed by atoms with E-state index >= 15 is 0 Å². The fourth-order valence-corrected chi connectivity index (χ4v) is 2.62. The zero-order valence-electron chi connectivity index (χ0n) is 13.5. The highest BCUT2D eigenvalue weighted by Crippen LogP contribution is 2.23. The van der Waals surface area contributed by atoms with Gasteiger partial charge in [-0.1, -0.05) is 30.3 Å². The quantitative estimate of drug-likeness (QED) is 0.627. The van der Waals surface area contributed by atoms with Gasteiger partial charge in [0.15, 0.2) is 17.5 Å². The number of hydrogen-bond donors (Lipinski definition) is 1. The van der Waals surface area contributed by atoms with E-state index in [1.54, 1.807) is 18.3 Å². The Morgan fingerprint density at radius 3 is 2.32 bits per heavy atom. The number of aryl methyl sites for hydroxylation is 1. The molecule has 0 saturated heterocycles. The summed E-state index contributed by atoms with van der Waals surface area (Å²) in [4.78, 5) is 28.5. The zero-order valence-corrected chi connectivity index (χ0v) is 13.5. The van der Waals surface area contributed by atoms with Crippen molar-refractivity contribution in [2.75, 3.05) is 0 Å². The lowest BCUT2D eigenvalue weighted by Gasteiger charge is -2.08. The molecule has 3 aromatic heterocycles. The second-order valence-electron chi connectivity index (χ2n) is 5.59. The number of aromatic amines is 1. The number of nitrogens with one attached hydrogen (secondary N) is 1. The van der Waals surface area contributed by atoms with Crippen LogP contribution in [0.1, 0.15) is 0 Å². The van der Waals surface area contributed by atoms with E-state index in [4.69, 9.17) is 0 Å². The van der Waals surface area contributed by atoms with Crippen molar-refractivity contribution in [2.24, 2.45) is 7.05 Å². The van der Waals surface area contributed by atoms with Gasteiger partial charge >= 0.3 is 0 Å². The lowest BCUT2D eigenvalue weighted by Crippen LogP contribution is -2.11. The fraction of sp³-hybridized carbons (Fsp3) is 0.0526. The first-order valence-electron chi connectivity index (χ1n) is 7.83. The molecule has 0 atom stereocenters. The molecule has 0 fully saturated rings. The van der Waals surface area contributed by atoms with E-state index in [2.05, 4.69) is 19.9 Å². The Morgan fingerprint density at radius 1 is 0.840 bits per heavy atom. The number of pyridine rings is 1. The molecule has 6 nitrogen and oxygen atoms in total. The fourth-order valence-electron chi connectivity index (χ4n) is 2.62. The monoisotopic (exact) mass is 329 g/mol. The highest BCUT2D eigenvalue weighted by Gasteiger charge is 2.14. The van der Waals surface area contributed by atoms with Crippen molar-refractivity contribution in [3.05, 3.63) is 77.3 Å². The topological polar surface area (TPSA) is 76.5 Å². The summed E-state index contributed by atoms with van der Waals surface area (Å²) in [7, 11) is 1.93. The van der Waals surface area contributed by atoms with E-state index < -0.39 is 0 Å². The Labute approximate surface area is 143 Å². The SMILES string of the molecule is Cn1cccc1-c1nc(-c2ccccc2)nc(-c2ccc[nH]c2=O)n1. The third-order valence-corrected chi connectivity index (χ3v) is 3.90. The number of hydrogen-bond acceptors (Lipinski definition) is 4. The molecule has 25 heavy (non-hydrogen) atoms. The van der Waals surface area contributed by atoms with Gasteiger partial charge in [-0.15, -0.1) is 0 Å². The Morgan fingerprint density at radius 2 is 1.60 bits per heavy atom. The Bertz CT molecular complexity index is 1080. The van der Waals surface area contributed by atoms with E-state index in [9.17, 15) is 4.79 Å². The van der Waals surface area contributed by atoms with Crippen LogP contribution in [0.25, 0.3) is 34.3 Å². The van der Waals surface area contributed by atoms with Crippen molar-refractivity contribution in [1.82, 2.24) is 24.5 Å². The van der Waals surface area contributed by atoms with Crippen LogP contribution in [0.5, 0.6) is 0 Å². The number of aromatic nitrogens is 5. The van der Waals surface area contributed by atoms with Gasteiger partial charge in [0.2, 0.25) is 0 Å². The number of rotatable bonds is 3. The molecule has 3 heterocycles. The van der Waals surface area contributed by atoms with Gasteiger partial charge in [0, 0.05) is 25.0 Å². The summed E-state index contributed by atoms with van der Waals surface area (Å²) in [6.07, 6.45) is 3.51. The molecule has 1 aromatic carbocycles. The Hall–Kier alpha value is -3.54. The summed E-state index contributed by atoms with van der Waals surface area (Å²) in [5.74, 6) is 1.41. The van der Waals surface area contributed by atoms with Crippen LogP contribution in [0.2, 0.25) is 0 Å². The maximum Gasteiger partial charge on any atom is 0.259 e. The molecule has 0 radical (unpaired) electrons. The first-order valence-corrected chi connectivity index (χ1v) is 7.83. The molecule has 6 heteroatoms. The molecule has 0 aliphatic carbocycles. The van der Waals surface area contributed by atoms with Crippen molar-refractivity contribution >= 4 is 0 Å². The number of nitrogens with zero attached hydrogens (tertiary/aromatic N) is 4.